The lowest BCUT2D eigenvalue weighted by atomic mass is 9.82. The first-order chi connectivity index (χ1) is 15.5. The molecule has 2 N–H and O–H groups in total. The van der Waals surface area contributed by atoms with E-state index in [-0.39, 0.29) is 6.04 Å². The van der Waals surface area contributed by atoms with Gasteiger partial charge < -0.3 is 10.5 Å². The molecule has 2 bridgehead atoms. The fraction of sp³-hybridized carbons (Fsp3) is 0.793. The van der Waals surface area contributed by atoms with Crippen molar-refractivity contribution in [1.82, 2.24) is 0 Å². The van der Waals surface area contributed by atoms with Crippen LogP contribution in [-0.2, 0) is 4.74 Å². The molecular formula is C29H48FNO. The third-order valence-corrected chi connectivity index (χ3v) is 8.18. The van der Waals surface area contributed by atoms with Gasteiger partial charge >= 0.3 is 0 Å². The quantitative estimate of drug-likeness (QED) is 0.269. The number of alkyl halides is 1. The number of halogens is 1. The Labute approximate surface area is 196 Å². The Morgan fingerprint density at radius 2 is 1.75 bits per heavy atom. The van der Waals surface area contributed by atoms with Gasteiger partial charge in [0, 0.05) is 18.9 Å². The van der Waals surface area contributed by atoms with Gasteiger partial charge in [-0.3, -0.25) is 0 Å². The smallest absolute Gasteiger partial charge is 0.122 e. The Kier molecular flexibility index (Phi) is 10.3. The van der Waals surface area contributed by atoms with Crippen LogP contribution in [0.1, 0.15) is 123 Å². The molecule has 0 radical (unpaired) electrons. The lowest BCUT2D eigenvalue weighted by Gasteiger charge is -2.25. The molecule has 0 aromatic carbocycles. The van der Waals surface area contributed by atoms with Gasteiger partial charge in [-0.1, -0.05) is 71.3 Å². The molecule has 3 unspecified atom stereocenters. The predicted octanol–water partition coefficient (Wildman–Crippen LogP) is 8.68. The Bertz CT molecular complexity index is 679. The summed E-state index contributed by atoms with van der Waals surface area (Å²) in [6.45, 7) is 8.65. The zero-order valence-electron chi connectivity index (χ0n) is 20.9. The van der Waals surface area contributed by atoms with Crippen LogP contribution in [0.4, 0.5) is 4.39 Å². The fourth-order valence-corrected chi connectivity index (χ4v) is 6.24. The van der Waals surface area contributed by atoms with Crippen molar-refractivity contribution in [3.8, 4) is 0 Å². The standard InChI is InChI=1S/C29H48FNO/c1-4-5-6-7-8-9-11-14-21(2)32-28-18-17-26(30)25-19-23-15-12-10-13-16-24(20-27(23)31)29(25)22(28)3/h23-24,26-27H,2,4-20,31H2,1,3H3/t23?,24?,26?,27-/m1/s1. The molecule has 0 aromatic rings. The minimum Gasteiger partial charge on any atom is -0.466 e. The van der Waals surface area contributed by atoms with Crippen LogP contribution in [-0.4, -0.2) is 12.2 Å². The van der Waals surface area contributed by atoms with Crippen molar-refractivity contribution in [3.05, 3.63) is 34.8 Å². The maximum absolute atomic E-state index is 15.5. The Morgan fingerprint density at radius 3 is 2.53 bits per heavy atom. The largest absolute Gasteiger partial charge is 0.466 e. The van der Waals surface area contributed by atoms with Crippen LogP contribution in [0.3, 0.4) is 0 Å². The van der Waals surface area contributed by atoms with E-state index in [0.29, 0.717) is 24.7 Å². The van der Waals surface area contributed by atoms with E-state index in [0.717, 1.165) is 55.6 Å². The maximum atomic E-state index is 15.5. The molecule has 182 valence electrons. The van der Waals surface area contributed by atoms with E-state index in [1.807, 2.05) is 0 Å². The molecule has 32 heavy (non-hydrogen) atoms. The van der Waals surface area contributed by atoms with Crippen LogP contribution in [0.5, 0.6) is 0 Å². The third kappa shape index (κ3) is 6.95. The lowest BCUT2D eigenvalue weighted by molar-refractivity contribution is 0.256. The van der Waals surface area contributed by atoms with E-state index >= 15 is 4.39 Å². The maximum Gasteiger partial charge on any atom is 0.122 e. The molecule has 3 aliphatic rings. The number of rotatable bonds is 10. The van der Waals surface area contributed by atoms with Gasteiger partial charge in [-0.05, 0) is 74.0 Å². The lowest BCUT2D eigenvalue weighted by Crippen LogP contribution is -2.31. The number of ether oxygens (including phenoxy) is 1. The Morgan fingerprint density at radius 1 is 1.03 bits per heavy atom. The minimum absolute atomic E-state index is 0.196. The zero-order valence-corrected chi connectivity index (χ0v) is 20.9. The van der Waals surface area contributed by atoms with E-state index in [1.54, 1.807) is 0 Å². The molecule has 0 aliphatic heterocycles. The molecule has 2 nitrogen and oxygen atoms in total. The van der Waals surface area contributed by atoms with E-state index in [9.17, 15) is 0 Å². The molecule has 0 spiro atoms. The summed E-state index contributed by atoms with van der Waals surface area (Å²) in [5, 5.41) is 0. The van der Waals surface area contributed by atoms with Gasteiger partial charge in [0.2, 0.25) is 0 Å². The third-order valence-electron chi connectivity index (χ3n) is 8.18. The summed E-state index contributed by atoms with van der Waals surface area (Å²) >= 11 is 0. The predicted molar refractivity (Wildman–Crippen MR) is 134 cm³/mol. The van der Waals surface area contributed by atoms with Gasteiger partial charge in [0.1, 0.15) is 11.9 Å². The number of hydrogen-bond acceptors (Lipinski definition) is 2. The van der Waals surface area contributed by atoms with Gasteiger partial charge in [-0.25, -0.2) is 4.39 Å². The first-order valence-electron chi connectivity index (χ1n) is 13.7. The first kappa shape index (κ1) is 25.5. The molecule has 3 rings (SSSR count). The summed E-state index contributed by atoms with van der Waals surface area (Å²) in [5.74, 6) is 2.64. The van der Waals surface area contributed by atoms with Crippen molar-refractivity contribution < 1.29 is 9.13 Å². The molecule has 0 amide bonds. The Hall–Kier alpha value is -1.09. The molecule has 3 aliphatic carbocycles. The van der Waals surface area contributed by atoms with Gasteiger partial charge in [-0.15, -0.1) is 0 Å². The van der Waals surface area contributed by atoms with Crippen molar-refractivity contribution in [2.45, 2.75) is 135 Å². The van der Waals surface area contributed by atoms with Crippen LogP contribution in [0.15, 0.2) is 34.8 Å². The Balaban J connectivity index is 1.68. The summed E-state index contributed by atoms with van der Waals surface area (Å²) in [4.78, 5) is 0. The summed E-state index contributed by atoms with van der Waals surface area (Å²) in [6.07, 6.45) is 18.2. The number of nitrogens with two attached hydrogens (primary N) is 1. The first-order valence-corrected chi connectivity index (χ1v) is 13.7. The van der Waals surface area contributed by atoms with E-state index < -0.39 is 6.17 Å². The van der Waals surface area contributed by atoms with Crippen LogP contribution < -0.4 is 5.73 Å². The van der Waals surface area contributed by atoms with Gasteiger partial charge in [0.15, 0.2) is 0 Å². The summed E-state index contributed by atoms with van der Waals surface area (Å²) in [7, 11) is 0. The van der Waals surface area contributed by atoms with Crippen molar-refractivity contribution in [1.29, 1.82) is 0 Å². The molecule has 1 saturated carbocycles. The fourth-order valence-electron chi connectivity index (χ4n) is 6.24. The second kappa shape index (κ2) is 13.0. The van der Waals surface area contributed by atoms with Crippen LogP contribution >= 0.6 is 0 Å². The van der Waals surface area contributed by atoms with Crippen molar-refractivity contribution >= 4 is 0 Å². The highest BCUT2D eigenvalue weighted by Gasteiger charge is 2.37. The van der Waals surface area contributed by atoms with Crippen molar-refractivity contribution in [2.24, 2.45) is 17.6 Å². The van der Waals surface area contributed by atoms with Gasteiger partial charge in [0.25, 0.3) is 0 Å². The highest BCUT2D eigenvalue weighted by molar-refractivity contribution is 5.43. The molecule has 4 atom stereocenters. The highest BCUT2D eigenvalue weighted by Crippen LogP contribution is 2.46. The number of allylic oxidation sites excluding steroid dienone is 5. The van der Waals surface area contributed by atoms with Crippen LogP contribution in [0.25, 0.3) is 0 Å². The summed E-state index contributed by atoms with van der Waals surface area (Å²) in [6, 6.07) is 0.196. The molecule has 0 heterocycles. The molecule has 1 fully saturated rings. The normalized spacial score (nSPS) is 29.0. The molecule has 0 saturated heterocycles. The van der Waals surface area contributed by atoms with E-state index in [1.165, 1.54) is 68.9 Å². The number of hydrogen-bond donors (Lipinski definition) is 1. The van der Waals surface area contributed by atoms with Gasteiger partial charge in [0.05, 0.1) is 5.76 Å². The minimum atomic E-state index is -0.854. The van der Waals surface area contributed by atoms with Crippen LogP contribution in [0, 0.1) is 11.8 Å². The van der Waals surface area contributed by atoms with Crippen LogP contribution in [0.2, 0.25) is 0 Å². The zero-order chi connectivity index (χ0) is 22.9. The number of fused-ring (bicyclic) bond motifs is 4. The van der Waals surface area contributed by atoms with Crippen molar-refractivity contribution in [2.75, 3.05) is 0 Å². The molecular weight excluding hydrogens is 397 g/mol. The SMILES string of the molecule is C=C(CCCCCCCCC)OC1=C(C)C2=C(CC3CCCCCC2C[C@H]3N)C(F)CC1. The molecule has 0 aromatic heterocycles. The molecule has 3 heteroatoms. The number of unbranched alkanes of at least 4 members (excludes halogenated alkanes) is 6. The topological polar surface area (TPSA) is 35.2 Å². The monoisotopic (exact) mass is 445 g/mol. The second-order valence-electron chi connectivity index (χ2n) is 10.7. The second-order valence-corrected chi connectivity index (χ2v) is 10.7. The average Bonchev–Trinajstić information content (AvgIpc) is 2.92. The van der Waals surface area contributed by atoms with Crippen molar-refractivity contribution in [3.63, 3.8) is 0 Å². The van der Waals surface area contributed by atoms with E-state index in [4.69, 9.17) is 10.5 Å². The van der Waals surface area contributed by atoms with Gasteiger partial charge in [-0.2, -0.15) is 0 Å². The highest BCUT2D eigenvalue weighted by atomic mass is 19.1. The average molecular weight is 446 g/mol. The summed E-state index contributed by atoms with van der Waals surface area (Å²) < 4.78 is 21.8. The summed E-state index contributed by atoms with van der Waals surface area (Å²) in [5.41, 5.74) is 10.2. The van der Waals surface area contributed by atoms with E-state index in [2.05, 4.69) is 20.4 Å².